The van der Waals surface area contributed by atoms with Crippen molar-refractivity contribution < 1.29 is 22.7 Å². The van der Waals surface area contributed by atoms with Crippen LogP contribution in [0.15, 0.2) is 24.3 Å². The lowest BCUT2D eigenvalue weighted by Crippen LogP contribution is -2.28. The summed E-state index contributed by atoms with van der Waals surface area (Å²) in [6.07, 6.45) is -3.98. The Morgan fingerprint density at radius 3 is 2.12 bits per heavy atom. The van der Waals surface area contributed by atoms with Crippen molar-refractivity contribution in [3.63, 3.8) is 0 Å². The zero-order chi connectivity index (χ0) is 12.7. The van der Waals surface area contributed by atoms with Crippen LogP contribution in [0, 0.1) is 0 Å². The van der Waals surface area contributed by atoms with E-state index in [0.717, 1.165) is 0 Å². The van der Waals surface area contributed by atoms with Gasteiger partial charge in [-0.1, -0.05) is 12.1 Å². The smallest absolute Gasteiger partial charge is 0.398 e. The van der Waals surface area contributed by atoms with Crippen molar-refractivity contribution in [1.29, 1.82) is 0 Å². The number of halogens is 3. The van der Waals surface area contributed by atoms with E-state index in [-0.39, 0.29) is 24.0 Å². The third-order valence-electron chi connectivity index (χ3n) is 3.15. The monoisotopic (exact) mass is 244 g/mol. The molecule has 2 rings (SSSR count). The number of methoxy groups -OCH3 is 1. The van der Waals surface area contributed by atoms with E-state index in [1.807, 2.05) is 0 Å². The van der Waals surface area contributed by atoms with Crippen molar-refractivity contribution >= 4 is 5.97 Å². The SMILES string of the molecule is COC(=O)c1ccc(C2(C(F)(F)F)CC2)cc1. The molecule has 1 aliphatic carbocycles. The number of benzene rings is 1. The number of hydrogen-bond donors (Lipinski definition) is 0. The molecule has 0 amide bonds. The molecule has 1 aromatic carbocycles. The minimum atomic E-state index is -4.22. The van der Waals surface area contributed by atoms with Gasteiger partial charge in [-0.2, -0.15) is 13.2 Å². The fraction of sp³-hybridized carbons (Fsp3) is 0.417. The molecule has 0 heterocycles. The molecule has 5 heteroatoms. The maximum atomic E-state index is 12.8. The van der Waals surface area contributed by atoms with Crippen molar-refractivity contribution in [3.8, 4) is 0 Å². The van der Waals surface area contributed by atoms with Crippen LogP contribution in [0.3, 0.4) is 0 Å². The van der Waals surface area contributed by atoms with Gasteiger partial charge in [0, 0.05) is 0 Å². The molecule has 0 aliphatic heterocycles. The zero-order valence-electron chi connectivity index (χ0n) is 9.17. The molecule has 92 valence electrons. The molecule has 0 saturated heterocycles. The molecule has 1 aromatic rings. The zero-order valence-corrected chi connectivity index (χ0v) is 9.17. The minimum absolute atomic E-state index is 0.119. The summed E-state index contributed by atoms with van der Waals surface area (Å²) in [6, 6.07) is 5.44. The van der Waals surface area contributed by atoms with Crippen molar-refractivity contribution in [1.82, 2.24) is 0 Å². The Morgan fingerprint density at radius 1 is 1.24 bits per heavy atom. The van der Waals surface area contributed by atoms with Gasteiger partial charge < -0.3 is 4.74 Å². The number of carbonyl (C=O) groups is 1. The predicted molar refractivity (Wildman–Crippen MR) is 54.7 cm³/mol. The molecule has 1 saturated carbocycles. The third-order valence-corrected chi connectivity index (χ3v) is 3.15. The molecule has 0 atom stereocenters. The summed E-state index contributed by atoms with van der Waals surface area (Å²) >= 11 is 0. The fourth-order valence-corrected chi connectivity index (χ4v) is 1.90. The van der Waals surface area contributed by atoms with Crippen LogP contribution in [0.2, 0.25) is 0 Å². The normalized spacial score (nSPS) is 17.6. The molecule has 0 radical (unpaired) electrons. The van der Waals surface area contributed by atoms with Gasteiger partial charge in [0.15, 0.2) is 0 Å². The highest BCUT2D eigenvalue weighted by molar-refractivity contribution is 5.89. The van der Waals surface area contributed by atoms with Gasteiger partial charge in [-0.3, -0.25) is 0 Å². The summed E-state index contributed by atoms with van der Waals surface area (Å²) in [6.45, 7) is 0. The van der Waals surface area contributed by atoms with E-state index >= 15 is 0 Å². The molecule has 0 bridgehead atoms. The predicted octanol–water partition coefficient (Wildman–Crippen LogP) is 3.07. The van der Waals surface area contributed by atoms with Crippen LogP contribution >= 0.6 is 0 Å². The Balaban J connectivity index is 2.28. The molecular formula is C12H11F3O2. The van der Waals surface area contributed by atoms with Gasteiger partial charge >= 0.3 is 12.1 Å². The van der Waals surface area contributed by atoms with Gasteiger partial charge in [-0.15, -0.1) is 0 Å². The topological polar surface area (TPSA) is 26.3 Å². The maximum Gasteiger partial charge on any atom is 0.398 e. The summed E-state index contributed by atoms with van der Waals surface area (Å²) in [5.41, 5.74) is -1.21. The van der Waals surface area contributed by atoms with E-state index in [0.29, 0.717) is 0 Å². The number of rotatable bonds is 2. The lowest BCUT2D eigenvalue weighted by atomic mass is 9.94. The first-order valence-corrected chi connectivity index (χ1v) is 5.16. The Hall–Kier alpha value is -1.52. The van der Waals surface area contributed by atoms with E-state index in [9.17, 15) is 18.0 Å². The molecular weight excluding hydrogens is 233 g/mol. The summed E-state index contributed by atoms with van der Waals surface area (Å²) in [7, 11) is 1.23. The Morgan fingerprint density at radius 2 is 1.76 bits per heavy atom. The summed E-state index contributed by atoms with van der Waals surface area (Å²) < 4.78 is 42.9. The molecule has 0 unspecified atom stereocenters. The Labute approximate surface area is 96.4 Å². The van der Waals surface area contributed by atoms with Crippen LogP contribution in [0.1, 0.15) is 28.8 Å². The second-order valence-corrected chi connectivity index (χ2v) is 4.15. The molecule has 1 fully saturated rings. The molecule has 0 N–H and O–H groups in total. The van der Waals surface area contributed by atoms with Crippen LogP contribution in [-0.2, 0) is 10.2 Å². The number of carbonyl (C=O) groups excluding carboxylic acids is 1. The van der Waals surface area contributed by atoms with Crippen molar-refractivity contribution in [2.24, 2.45) is 0 Å². The summed E-state index contributed by atoms with van der Waals surface area (Å²) in [5, 5.41) is 0. The van der Waals surface area contributed by atoms with Gasteiger partial charge in [0.05, 0.1) is 18.1 Å². The van der Waals surface area contributed by atoms with E-state index < -0.39 is 17.6 Å². The Kier molecular flexibility index (Phi) is 2.64. The number of esters is 1. The third kappa shape index (κ3) is 1.90. The van der Waals surface area contributed by atoms with Gasteiger partial charge in [-0.05, 0) is 30.5 Å². The second-order valence-electron chi connectivity index (χ2n) is 4.15. The van der Waals surface area contributed by atoms with Gasteiger partial charge in [0.1, 0.15) is 0 Å². The van der Waals surface area contributed by atoms with Crippen LogP contribution in [0.4, 0.5) is 13.2 Å². The number of alkyl halides is 3. The van der Waals surface area contributed by atoms with E-state index in [2.05, 4.69) is 4.74 Å². The first-order chi connectivity index (χ1) is 7.90. The van der Waals surface area contributed by atoms with E-state index in [1.54, 1.807) is 0 Å². The quantitative estimate of drug-likeness (QED) is 0.747. The highest BCUT2D eigenvalue weighted by atomic mass is 19.4. The average molecular weight is 244 g/mol. The summed E-state index contributed by atoms with van der Waals surface area (Å²) in [5.74, 6) is -0.548. The van der Waals surface area contributed by atoms with Gasteiger partial charge in [0.25, 0.3) is 0 Å². The standard InChI is InChI=1S/C12H11F3O2/c1-17-10(16)8-2-4-9(5-3-8)11(6-7-11)12(13,14)15/h2-5H,6-7H2,1H3. The van der Waals surface area contributed by atoms with Crippen LogP contribution in [-0.4, -0.2) is 19.3 Å². The van der Waals surface area contributed by atoms with Crippen molar-refractivity contribution in [2.75, 3.05) is 7.11 Å². The van der Waals surface area contributed by atoms with Crippen LogP contribution in [0.5, 0.6) is 0 Å². The largest absolute Gasteiger partial charge is 0.465 e. The highest BCUT2D eigenvalue weighted by Gasteiger charge is 2.64. The maximum absolute atomic E-state index is 12.8. The van der Waals surface area contributed by atoms with Crippen molar-refractivity contribution in [2.45, 2.75) is 24.4 Å². The molecule has 17 heavy (non-hydrogen) atoms. The highest BCUT2D eigenvalue weighted by Crippen LogP contribution is 2.58. The summed E-state index contributed by atoms with van der Waals surface area (Å²) in [4.78, 5) is 11.1. The number of hydrogen-bond acceptors (Lipinski definition) is 2. The molecule has 1 aliphatic rings. The van der Waals surface area contributed by atoms with Crippen molar-refractivity contribution in [3.05, 3.63) is 35.4 Å². The lowest BCUT2D eigenvalue weighted by molar-refractivity contribution is -0.160. The average Bonchev–Trinajstić information content (AvgIpc) is 3.08. The molecule has 2 nitrogen and oxygen atoms in total. The van der Waals surface area contributed by atoms with Gasteiger partial charge in [-0.25, -0.2) is 4.79 Å². The first kappa shape index (κ1) is 12.0. The molecule has 0 spiro atoms. The first-order valence-electron chi connectivity index (χ1n) is 5.16. The van der Waals surface area contributed by atoms with Crippen LogP contribution < -0.4 is 0 Å². The Bertz CT molecular complexity index is 430. The van der Waals surface area contributed by atoms with Crippen LogP contribution in [0.25, 0.3) is 0 Å². The lowest BCUT2D eigenvalue weighted by Gasteiger charge is -2.19. The van der Waals surface area contributed by atoms with E-state index in [1.165, 1.54) is 31.4 Å². The van der Waals surface area contributed by atoms with E-state index in [4.69, 9.17) is 0 Å². The second kappa shape index (κ2) is 3.75. The number of ether oxygens (including phenoxy) is 1. The fourth-order valence-electron chi connectivity index (χ4n) is 1.90. The van der Waals surface area contributed by atoms with Gasteiger partial charge in [0.2, 0.25) is 0 Å². The molecule has 0 aromatic heterocycles. The minimum Gasteiger partial charge on any atom is -0.465 e.